The van der Waals surface area contributed by atoms with Crippen molar-refractivity contribution in [3.05, 3.63) is 35.1 Å². The lowest BCUT2D eigenvalue weighted by atomic mass is 10.1. The topological polar surface area (TPSA) is 40.5 Å². The Hall–Kier alpha value is -1.42. The van der Waals surface area contributed by atoms with E-state index in [-0.39, 0.29) is 5.56 Å². The summed E-state index contributed by atoms with van der Waals surface area (Å²) in [6.45, 7) is 5.45. The van der Waals surface area contributed by atoms with E-state index < -0.39 is 11.8 Å². The molecule has 0 aliphatic heterocycles. The Kier molecular flexibility index (Phi) is 4.63. The van der Waals surface area contributed by atoms with Crippen LogP contribution in [-0.4, -0.2) is 29.6 Å². The molecule has 0 heterocycles. The SMILES string of the molecule is CC(C)CN(C)Cc1cc(F)ccc1C(=O)O. The van der Waals surface area contributed by atoms with Gasteiger partial charge >= 0.3 is 5.97 Å². The van der Waals surface area contributed by atoms with E-state index in [1.165, 1.54) is 18.2 Å². The van der Waals surface area contributed by atoms with Crippen LogP contribution in [0.15, 0.2) is 18.2 Å². The Morgan fingerprint density at radius 3 is 2.65 bits per heavy atom. The minimum absolute atomic E-state index is 0.169. The molecule has 0 aliphatic rings. The van der Waals surface area contributed by atoms with Crippen LogP contribution < -0.4 is 0 Å². The molecule has 0 amide bonds. The van der Waals surface area contributed by atoms with Crippen molar-refractivity contribution in [1.29, 1.82) is 0 Å². The van der Waals surface area contributed by atoms with Crippen molar-refractivity contribution >= 4 is 5.97 Å². The van der Waals surface area contributed by atoms with Crippen LogP contribution in [0.2, 0.25) is 0 Å². The molecule has 0 aliphatic carbocycles. The highest BCUT2D eigenvalue weighted by Crippen LogP contribution is 2.14. The van der Waals surface area contributed by atoms with Crippen molar-refractivity contribution in [3.63, 3.8) is 0 Å². The molecule has 0 unspecified atom stereocenters. The average molecular weight is 239 g/mol. The van der Waals surface area contributed by atoms with Crippen molar-refractivity contribution in [2.75, 3.05) is 13.6 Å². The molecule has 3 nitrogen and oxygen atoms in total. The lowest BCUT2D eigenvalue weighted by Crippen LogP contribution is -2.24. The average Bonchev–Trinajstić information content (AvgIpc) is 2.15. The van der Waals surface area contributed by atoms with Crippen LogP contribution in [0.1, 0.15) is 29.8 Å². The second kappa shape index (κ2) is 5.77. The molecule has 1 aromatic rings. The summed E-state index contributed by atoms with van der Waals surface area (Å²) < 4.78 is 13.1. The van der Waals surface area contributed by atoms with E-state index in [4.69, 9.17) is 5.11 Å². The second-order valence-corrected chi connectivity index (χ2v) is 4.70. The van der Waals surface area contributed by atoms with Gasteiger partial charge in [-0.2, -0.15) is 0 Å². The highest BCUT2D eigenvalue weighted by Gasteiger charge is 2.13. The summed E-state index contributed by atoms with van der Waals surface area (Å²) in [7, 11) is 1.90. The maximum atomic E-state index is 13.1. The zero-order valence-electron chi connectivity index (χ0n) is 10.4. The molecule has 1 aromatic carbocycles. The molecule has 0 bridgehead atoms. The Balaban J connectivity index is 2.88. The summed E-state index contributed by atoms with van der Waals surface area (Å²) in [5, 5.41) is 9.01. The lowest BCUT2D eigenvalue weighted by molar-refractivity contribution is 0.0694. The van der Waals surface area contributed by atoms with Crippen LogP contribution in [0.4, 0.5) is 4.39 Å². The summed E-state index contributed by atoms with van der Waals surface area (Å²) in [5.41, 5.74) is 0.683. The van der Waals surface area contributed by atoms with Crippen molar-refractivity contribution < 1.29 is 14.3 Å². The number of aromatic carboxylic acids is 1. The molecule has 17 heavy (non-hydrogen) atoms. The molecule has 0 fully saturated rings. The third-order valence-electron chi connectivity index (χ3n) is 2.41. The van der Waals surface area contributed by atoms with Crippen LogP contribution in [-0.2, 0) is 6.54 Å². The third-order valence-corrected chi connectivity index (χ3v) is 2.41. The van der Waals surface area contributed by atoms with Crippen molar-refractivity contribution in [1.82, 2.24) is 4.90 Å². The van der Waals surface area contributed by atoms with Gasteiger partial charge in [-0.1, -0.05) is 13.8 Å². The summed E-state index contributed by atoms with van der Waals surface area (Å²) in [4.78, 5) is 13.0. The van der Waals surface area contributed by atoms with Gasteiger partial charge in [0.15, 0.2) is 0 Å². The van der Waals surface area contributed by atoms with Gasteiger partial charge in [0.25, 0.3) is 0 Å². The van der Waals surface area contributed by atoms with Gasteiger partial charge in [-0.3, -0.25) is 0 Å². The molecule has 1 rings (SSSR count). The minimum Gasteiger partial charge on any atom is -0.478 e. The highest BCUT2D eigenvalue weighted by atomic mass is 19.1. The predicted molar refractivity (Wildman–Crippen MR) is 64.5 cm³/mol. The van der Waals surface area contributed by atoms with E-state index >= 15 is 0 Å². The third kappa shape index (κ3) is 4.15. The highest BCUT2D eigenvalue weighted by molar-refractivity contribution is 5.89. The van der Waals surface area contributed by atoms with Gasteiger partial charge in [-0.05, 0) is 36.7 Å². The molecular formula is C13H18FNO2. The zero-order valence-corrected chi connectivity index (χ0v) is 10.4. The first-order chi connectivity index (χ1) is 7.90. The van der Waals surface area contributed by atoms with Crippen LogP contribution in [0.3, 0.4) is 0 Å². The molecule has 94 valence electrons. The van der Waals surface area contributed by atoms with E-state index in [0.29, 0.717) is 18.0 Å². The van der Waals surface area contributed by atoms with Gasteiger partial charge in [0, 0.05) is 13.1 Å². The summed E-state index contributed by atoms with van der Waals surface area (Å²) in [6, 6.07) is 3.78. The summed E-state index contributed by atoms with van der Waals surface area (Å²) in [5.74, 6) is -0.928. The Morgan fingerprint density at radius 1 is 1.47 bits per heavy atom. The van der Waals surface area contributed by atoms with E-state index in [9.17, 15) is 9.18 Å². The van der Waals surface area contributed by atoms with Crippen molar-refractivity contribution in [2.45, 2.75) is 20.4 Å². The fraction of sp³-hybridized carbons (Fsp3) is 0.462. The molecule has 0 saturated heterocycles. The second-order valence-electron chi connectivity index (χ2n) is 4.70. The number of halogens is 1. The van der Waals surface area contributed by atoms with E-state index in [1.807, 2.05) is 11.9 Å². The van der Waals surface area contributed by atoms with Gasteiger partial charge < -0.3 is 10.0 Å². The molecule has 0 saturated carbocycles. The zero-order chi connectivity index (χ0) is 13.0. The Bertz CT molecular complexity index is 404. The fourth-order valence-corrected chi connectivity index (χ4v) is 1.88. The number of carboxylic acid groups (broad SMARTS) is 1. The van der Waals surface area contributed by atoms with Crippen LogP contribution >= 0.6 is 0 Å². The maximum absolute atomic E-state index is 13.1. The molecular weight excluding hydrogens is 221 g/mol. The molecule has 0 radical (unpaired) electrons. The van der Waals surface area contributed by atoms with Gasteiger partial charge in [0.1, 0.15) is 5.82 Å². The van der Waals surface area contributed by atoms with E-state index in [2.05, 4.69) is 13.8 Å². The number of hydrogen-bond donors (Lipinski definition) is 1. The first kappa shape index (κ1) is 13.6. The smallest absolute Gasteiger partial charge is 0.336 e. The lowest BCUT2D eigenvalue weighted by Gasteiger charge is -2.19. The van der Waals surface area contributed by atoms with Gasteiger partial charge in [-0.15, -0.1) is 0 Å². The van der Waals surface area contributed by atoms with Crippen LogP contribution in [0.25, 0.3) is 0 Å². The summed E-state index contributed by atoms with van der Waals surface area (Å²) >= 11 is 0. The Labute approximate surface area is 101 Å². The summed E-state index contributed by atoms with van der Waals surface area (Å²) in [6.07, 6.45) is 0. The number of nitrogens with zero attached hydrogens (tertiary/aromatic N) is 1. The maximum Gasteiger partial charge on any atom is 0.336 e. The Morgan fingerprint density at radius 2 is 2.12 bits per heavy atom. The molecule has 0 atom stereocenters. The monoisotopic (exact) mass is 239 g/mol. The van der Waals surface area contributed by atoms with Crippen LogP contribution in [0, 0.1) is 11.7 Å². The number of carbonyl (C=O) groups is 1. The molecule has 0 spiro atoms. The number of benzene rings is 1. The van der Waals surface area contributed by atoms with E-state index in [0.717, 1.165) is 6.54 Å². The number of hydrogen-bond acceptors (Lipinski definition) is 2. The quantitative estimate of drug-likeness (QED) is 0.858. The van der Waals surface area contributed by atoms with Gasteiger partial charge in [0.05, 0.1) is 5.56 Å². The molecule has 0 aromatic heterocycles. The number of carboxylic acids is 1. The van der Waals surface area contributed by atoms with Gasteiger partial charge in [0.2, 0.25) is 0 Å². The van der Waals surface area contributed by atoms with E-state index in [1.54, 1.807) is 0 Å². The van der Waals surface area contributed by atoms with Crippen molar-refractivity contribution in [2.24, 2.45) is 5.92 Å². The van der Waals surface area contributed by atoms with Gasteiger partial charge in [-0.25, -0.2) is 9.18 Å². The van der Waals surface area contributed by atoms with Crippen molar-refractivity contribution in [3.8, 4) is 0 Å². The fourth-order valence-electron chi connectivity index (χ4n) is 1.88. The predicted octanol–water partition coefficient (Wildman–Crippen LogP) is 2.61. The molecule has 4 heteroatoms. The molecule has 1 N–H and O–H groups in total. The normalized spacial score (nSPS) is 11.2. The minimum atomic E-state index is -1.02. The first-order valence-electron chi connectivity index (χ1n) is 5.60. The standard InChI is InChI=1S/C13H18FNO2/c1-9(2)7-15(3)8-10-6-11(14)4-5-12(10)13(16)17/h4-6,9H,7-8H2,1-3H3,(H,16,17). The largest absolute Gasteiger partial charge is 0.478 e. The number of rotatable bonds is 5. The van der Waals surface area contributed by atoms with Crippen LogP contribution in [0.5, 0.6) is 0 Å². The first-order valence-corrected chi connectivity index (χ1v) is 5.60.